The van der Waals surface area contributed by atoms with Crippen molar-refractivity contribution in [2.45, 2.75) is 25.9 Å². The first-order valence-electron chi connectivity index (χ1n) is 6.27. The number of benzene rings is 1. The zero-order valence-electron chi connectivity index (χ0n) is 11.3. The van der Waals surface area contributed by atoms with Crippen LogP contribution in [0.15, 0.2) is 24.3 Å². The normalized spacial score (nSPS) is 13.6. The van der Waals surface area contributed by atoms with E-state index in [9.17, 15) is 4.79 Å². The molecule has 0 aliphatic rings. The molecule has 1 aromatic carbocycles. The topological polar surface area (TPSA) is 81.8 Å². The highest BCUT2D eigenvalue weighted by Crippen LogP contribution is 2.22. The summed E-state index contributed by atoms with van der Waals surface area (Å²) >= 11 is 0. The molecule has 19 heavy (non-hydrogen) atoms. The lowest BCUT2D eigenvalue weighted by Crippen LogP contribution is -2.24. The summed E-state index contributed by atoms with van der Waals surface area (Å²) in [5.74, 6) is 0.533. The lowest BCUT2D eigenvalue weighted by molar-refractivity contribution is -0.138. The standard InChI is InChI=1S/C14H21NO4/c1-10(6-11(9-15)7-14(16)17)19-13-5-3-4-12(8-13)18-2/h3-5,8,10-11H,6-7,9,15H2,1-2H3,(H,16,17)/t10-,11?/m0/s1. The fraction of sp³-hybridized carbons (Fsp3) is 0.500. The highest BCUT2D eigenvalue weighted by Gasteiger charge is 2.16. The van der Waals surface area contributed by atoms with E-state index < -0.39 is 5.97 Å². The van der Waals surface area contributed by atoms with E-state index in [1.165, 1.54) is 0 Å². The zero-order valence-corrected chi connectivity index (χ0v) is 11.3. The van der Waals surface area contributed by atoms with Crippen molar-refractivity contribution in [2.24, 2.45) is 11.7 Å². The SMILES string of the molecule is COc1cccc(O[C@@H](C)CC(CN)CC(=O)O)c1. The van der Waals surface area contributed by atoms with Gasteiger partial charge in [-0.25, -0.2) is 0 Å². The summed E-state index contributed by atoms with van der Waals surface area (Å²) in [6, 6.07) is 7.32. The molecule has 0 amide bonds. The Hall–Kier alpha value is -1.75. The molecule has 0 aromatic heterocycles. The number of carboxylic acid groups (broad SMARTS) is 1. The molecule has 3 N–H and O–H groups in total. The Balaban J connectivity index is 2.53. The Morgan fingerprint density at radius 3 is 2.68 bits per heavy atom. The van der Waals surface area contributed by atoms with Crippen LogP contribution in [0, 0.1) is 5.92 Å². The van der Waals surface area contributed by atoms with Crippen molar-refractivity contribution in [3.8, 4) is 11.5 Å². The van der Waals surface area contributed by atoms with E-state index in [-0.39, 0.29) is 18.4 Å². The largest absolute Gasteiger partial charge is 0.497 e. The minimum absolute atomic E-state index is 0.0712. The third-order valence-electron chi connectivity index (χ3n) is 2.84. The van der Waals surface area contributed by atoms with E-state index in [0.29, 0.717) is 18.7 Å². The first kappa shape index (κ1) is 15.3. The predicted molar refractivity (Wildman–Crippen MR) is 72.5 cm³/mol. The molecule has 2 atom stereocenters. The number of carboxylic acids is 1. The highest BCUT2D eigenvalue weighted by molar-refractivity contribution is 5.67. The van der Waals surface area contributed by atoms with Gasteiger partial charge in [0, 0.05) is 12.5 Å². The van der Waals surface area contributed by atoms with Crippen LogP contribution in [0.5, 0.6) is 11.5 Å². The second kappa shape index (κ2) is 7.63. The van der Waals surface area contributed by atoms with Crippen molar-refractivity contribution < 1.29 is 19.4 Å². The summed E-state index contributed by atoms with van der Waals surface area (Å²) in [7, 11) is 1.60. The van der Waals surface area contributed by atoms with Crippen molar-refractivity contribution in [3.63, 3.8) is 0 Å². The highest BCUT2D eigenvalue weighted by atomic mass is 16.5. The summed E-state index contributed by atoms with van der Waals surface area (Å²) in [6.07, 6.45) is 0.586. The molecule has 106 valence electrons. The summed E-state index contributed by atoms with van der Waals surface area (Å²) in [6.45, 7) is 2.25. The lowest BCUT2D eigenvalue weighted by atomic mass is 9.99. The monoisotopic (exact) mass is 267 g/mol. The smallest absolute Gasteiger partial charge is 0.303 e. The number of methoxy groups -OCH3 is 1. The molecule has 5 heteroatoms. The maximum atomic E-state index is 10.7. The van der Waals surface area contributed by atoms with Crippen molar-refractivity contribution >= 4 is 5.97 Å². The Morgan fingerprint density at radius 2 is 2.11 bits per heavy atom. The molecule has 0 aliphatic heterocycles. The van der Waals surface area contributed by atoms with Gasteiger partial charge in [0.15, 0.2) is 0 Å². The molecule has 0 aliphatic carbocycles. The average molecular weight is 267 g/mol. The number of rotatable bonds is 8. The van der Waals surface area contributed by atoms with Gasteiger partial charge in [-0.15, -0.1) is 0 Å². The van der Waals surface area contributed by atoms with Gasteiger partial charge in [-0.3, -0.25) is 4.79 Å². The van der Waals surface area contributed by atoms with Gasteiger partial charge in [-0.2, -0.15) is 0 Å². The van der Waals surface area contributed by atoms with Crippen LogP contribution in [0.1, 0.15) is 19.8 Å². The molecule has 0 fully saturated rings. The Kier molecular flexibility index (Phi) is 6.15. The Bertz CT molecular complexity index is 408. The summed E-state index contributed by atoms with van der Waals surface area (Å²) in [5.41, 5.74) is 5.57. The maximum Gasteiger partial charge on any atom is 0.303 e. The molecule has 0 radical (unpaired) electrons. The lowest BCUT2D eigenvalue weighted by Gasteiger charge is -2.19. The van der Waals surface area contributed by atoms with Crippen LogP contribution in [-0.4, -0.2) is 30.8 Å². The van der Waals surface area contributed by atoms with Crippen LogP contribution < -0.4 is 15.2 Å². The molecule has 1 unspecified atom stereocenters. The molecule has 0 saturated carbocycles. The number of aliphatic carboxylic acids is 1. The number of ether oxygens (including phenoxy) is 2. The van der Waals surface area contributed by atoms with Gasteiger partial charge in [0.05, 0.1) is 13.2 Å². The van der Waals surface area contributed by atoms with E-state index in [4.69, 9.17) is 20.3 Å². The van der Waals surface area contributed by atoms with Gasteiger partial charge in [-0.1, -0.05) is 6.07 Å². The minimum atomic E-state index is -0.830. The maximum absolute atomic E-state index is 10.7. The van der Waals surface area contributed by atoms with Gasteiger partial charge in [0.25, 0.3) is 0 Å². The van der Waals surface area contributed by atoms with E-state index in [0.717, 1.165) is 5.75 Å². The number of hydrogen-bond donors (Lipinski definition) is 2. The fourth-order valence-corrected chi connectivity index (χ4v) is 1.93. The molecule has 0 bridgehead atoms. The van der Waals surface area contributed by atoms with Gasteiger partial charge in [0.1, 0.15) is 11.5 Å². The van der Waals surface area contributed by atoms with Gasteiger partial charge in [-0.05, 0) is 37.9 Å². The number of carbonyl (C=O) groups is 1. The third-order valence-corrected chi connectivity index (χ3v) is 2.84. The van der Waals surface area contributed by atoms with E-state index in [1.807, 2.05) is 25.1 Å². The van der Waals surface area contributed by atoms with Gasteiger partial charge < -0.3 is 20.3 Å². The molecular formula is C14H21NO4. The van der Waals surface area contributed by atoms with E-state index in [1.54, 1.807) is 13.2 Å². The van der Waals surface area contributed by atoms with Crippen LogP contribution in [0.25, 0.3) is 0 Å². The van der Waals surface area contributed by atoms with Crippen LogP contribution in [-0.2, 0) is 4.79 Å². The summed E-state index contributed by atoms with van der Waals surface area (Å²) in [5, 5.41) is 8.77. The van der Waals surface area contributed by atoms with E-state index in [2.05, 4.69) is 0 Å². The summed E-state index contributed by atoms with van der Waals surface area (Å²) in [4.78, 5) is 10.7. The predicted octanol–water partition coefficient (Wildman–Crippen LogP) is 1.90. The van der Waals surface area contributed by atoms with Crippen LogP contribution in [0.4, 0.5) is 0 Å². The van der Waals surface area contributed by atoms with Crippen molar-refractivity contribution in [1.29, 1.82) is 0 Å². The van der Waals surface area contributed by atoms with E-state index >= 15 is 0 Å². The molecule has 1 aromatic rings. The molecular weight excluding hydrogens is 246 g/mol. The molecule has 0 saturated heterocycles. The van der Waals surface area contributed by atoms with Crippen LogP contribution in [0.2, 0.25) is 0 Å². The van der Waals surface area contributed by atoms with Crippen molar-refractivity contribution in [3.05, 3.63) is 24.3 Å². The Morgan fingerprint density at radius 1 is 1.42 bits per heavy atom. The fourth-order valence-electron chi connectivity index (χ4n) is 1.93. The van der Waals surface area contributed by atoms with Crippen LogP contribution in [0.3, 0.4) is 0 Å². The first-order chi connectivity index (χ1) is 9.05. The molecule has 5 nitrogen and oxygen atoms in total. The zero-order chi connectivity index (χ0) is 14.3. The second-order valence-electron chi connectivity index (χ2n) is 4.54. The van der Waals surface area contributed by atoms with Crippen molar-refractivity contribution in [2.75, 3.05) is 13.7 Å². The van der Waals surface area contributed by atoms with Crippen molar-refractivity contribution in [1.82, 2.24) is 0 Å². The number of nitrogens with two attached hydrogens (primary N) is 1. The molecule has 0 spiro atoms. The summed E-state index contributed by atoms with van der Waals surface area (Å²) < 4.78 is 10.9. The van der Waals surface area contributed by atoms with Gasteiger partial charge in [0.2, 0.25) is 0 Å². The first-order valence-corrected chi connectivity index (χ1v) is 6.27. The number of hydrogen-bond acceptors (Lipinski definition) is 4. The quantitative estimate of drug-likeness (QED) is 0.751. The second-order valence-corrected chi connectivity index (χ2v) is 4.54. The van der Waals surface area contributed by atoms with Gasteiger partial charge >= 0.3 is 5.97 Å². The minimum Gasteiger partial charge on any atom is -0.497 e. The average Bonchev–Trinajstić information content (AvgIpc) is 2.37. The van der Waals surface area contributed by atoms with Crippen LogP contribution >= 0.6 is 0 Å². The molecule has 1 rings (SSSR count). The Labute approximate surface area is 113 Å². The molecule has 0 heterocycles. The third kappa shape index (κ3) is 5.61.